The summed E-state index contributed by atoms with van der Waals surface area (Å²) in [5, 5.41) is 5.97. The molecular formula is C9H6ClFN2O2S. The number of H-pyrrole nitrogens is 1. The summed E-state index contributed by atoms with van der Waals surface area (Å²) >= 11 is 0. The maximum absolute atomic E-state index is 13.4. The Hall–Kier alpha value is -1.40. The predicted molar refractivity (Wildman–Crippen MR) is 57.0 cm³/mol. The van der Waals surface area contributed by atoms with Crippen molar-refractivity contribution in [3.63, 3.8) is 0 Å². The summed E-state index contributed by atoms with van der Waals surface area (Å²) in [6.07, 6.45) is 1.05. The molecule has 0 radical (unpaired) electrons. The van der Waals surface area contributed by atoms with Crippen molar-refractivity contribution < 1.29 is 12.8 Å². The largest absolute Gasteiger partial charge is 0.276 e. The van der Waals surface area contributed by atoms with Crippen molar-refractivity contribution in [2.24, 2.45) is 0 Å². The topological polar surface area (TPSA) is 62.8 Å². The van der Waals surface area contributed by atoms with E-state index in [4.69, 9.17) is 10.7 Å². The van der Waals surface area contributed by atoms with Crippen LogP contribution in [0.4, 0.5) is 4.39 Å². The second kappa shape index (κ2) is 3.88. The molecule has 84 valence electrons. The lowest BCUT2D eigenvalue weighted by Crippen LogP contribution is -1.93. The van der Waals surface area contributed by atoms with Gasteiger partial charge in [-0.25, -0.2) is 12.8 Å². The van der Waals surface area contributed by atoms with Gasteiger partial charge in [-0.3, -0.25) is 5.10 Å². The SMILES string of the molecule is O=S(=O)(Cl)c1cn[nH]c1-c1ccccc1F. The molecule has 1 aromatic heterocycles. The lowest BCUT2D eigenvalue weighted by atomic mass is 10.1. The summed E-state index contributed by atoms with van der Waals surface area (Å²) in [4.78, 5) is -0.237. The zero-order valence-electron chi connectivity index (χ0n) is 7.81. The van der Waals surface area contributed by atoms with Gasteiger partial charge in [-0.1, -0.05) is 12.1 Å². The van der Waals surface area contributed by atoms with E-state index in [0.29, 0.717) is 0 Å². The quantitative estimate of drug-likeness (QED) is 0.842. The van der Waals surface area contributed by atoms with Crippen LogP contribution in [0.5, 0.6) is 0 Å². The summed E-state index contributed by atoms with van der Waals surface area (Å²) in [6, 6.07) is 5.75. The van der Waals surface area contributed by atoms with Gasteiger partial charge in [0.15, 0.2) is 0 Å². The van der Waals surface area contributed by atoms with Crippen LogP contribution >= 0.6 is 10.7 Å². The summed E-state index contributed by atoms with van der Waals surface area (Å²) < 4.78 is 35.8. The molecule has 0 aliphatic rings. The maximum Gasteiger partial charge on any atom is 0.265 e. The van der Waals surface area contributed by atoms with Gasteiger partial charge >= 0.3 is 0 Å². The molecule has 16 heavy (non-hydrogen) atoms. The Bertz CT molecular complexity index is 624. The van der Waals surface area contributed by atoms with Gasteiger partial charge in [-0.05, 0) is 12.1 Å². The molecule has 1 aromatic carbocycles. The van der Waals surface area contributed by atoms with E-state index in [1.54, 1.807) is 6.07 Å². The molecule has 0 fully saturated rings. The van der Waals surface area contributed by atoms with Gasteiger partial charge in [0.05, 0.1) is 11.9 Å². The van der Waals surface area contributed by atoms with E-state index in [2.05, 4.69) is 10.2 Å². The normalized spacial score (nSPS) is 11.6. The Kier molecular flexibility index (Phi) is 2.69. The van der Waals surface area contributed by atoms with Crippen molar-refractivity contribution in [1.82, 2.24) is 10.2 Å². The van der Waals surface area contributed by atoms with Crippen molar-refractivity contribution in [3.8, 4) is 11.3 Å². The second-order valence-electron chi connectivity index (χ2n) is 3.03. The van der Waals surface area contributed by atoms with Gasteiger partial charge in [0.1, 0.15) is 10.7 Å². The van der Waals surface area contributed by atoms with E-state index in [9.17, 15) is 12.8 Å². The van der Waals surface area contributed by atoms with Gasteiger partial charge in [0, 0.05) is 16.2 Å². The number of hydrogen-bond acceptors (Lipinski definition) is 3. The first kappa shape index (κ1) is 11.1. The summed E-state index contributed by atoms with van der Waals surface area (Å²) in [6.45, 7) is 0. The highest BCUT2D eigenvalue weighted by Gasteiger charge is 2.20. The predicted octanol–water partition coefficient (Wildman–Crippen LogP) is 2.14. The number of aromatic nitrogens is 2. The lowest BCUT2D eigenvalue weighted by molar-refractivity contribution is 0.609. The van der Waals surface area contributed by atoms with Crippen LogP contribution in [0.1, 0.15) is 0 Å². The molecule has 0 aliphatic carbocycles. The summed E-state index contributed by atoms with van der Waals surface area (Å²) in [5.74, 6) is -0.548. The smallest absolute Gasteiger partial charge is 0.265 e. The molecule has 0 saturated carbocycles. The highest BCUT2D eigenvalue weighted by Crippen LogP contribution is 2.28. The van der Waals surface area contributed by atoms with Gasteiger partial charge in [0.2, 0.25) is 0 Å². The Morgan fingerprint density at radius 3 is 2.62 bits per heavy atom. The molecule has 0 amide bonds. The first-order valence-electron chi connectivity index (χ1n) is 4.23. The van der Waals surface area contributed by atoms with Crippen LogP contribution in [-0.4, -0.2) is 18.6 Å². The molecular weight excluding hydrogens is 255 g/mol. The third-order valence-electron chi connectivity index (χ3n) is 2.01. The molecule has 2 rings (SSSR count). The van der Waals surface area contributed by atoms with Gasteiger partial charge in [0.25, 0.3) is 9.05 Å². The molecule has 4 nitrogen and oxygen atoms in total. The first-order valence-corrected chi connectivity index (χ1v) is 6.54. The zero-order valence-corrected chi connectivity index (χ0v) is 9.39. The highest BCUT2D eigenvalue weighted by atomic mass is 35.7. The van der Waals surface area contributed by atoms with Crippen LogP contribution in [0.3, 0.4) is 0 Å². The van der Waals surface area contributed by atoms with Crippen LogP contribution in [0.15, 0.2) is 35.4 Å². The van der Waals surface area contributed by atoms with E-state index in [1.165, 1.54) is 18.2 Å². The third kappa shape index (κ3) is 1.94. The van der Waals surface area contributed by atoms with Gasteiger partial charge < -0.3 is 0 Å². The Balaban J connectivity index is 2.68. The van der Waals surface area contributed by atoms with Crippen molar-refractivity contribution in [2.45, 2.75) is 4.90 Å². The van der Waals surface area contributed by atoms with Gasteiger partial charge in [-0.2, -0.15) is 5.10 Å². The van der Waals surface area contributed by atoms with E-state index < -0.39 is 14.9 Å². The average molecular weight is 261 g/mol. The fraction of sp³-hybridized carbons (Fsp3) is 0. The van der Waals surface area contributed by atoms with Crippen LogP contribution in [0.25, 0.3) is 11.3 Å². The maximum atomic E-state index is 13.4. The molecule has 7 heteroatoms. The molecule has 1 N–H and O–H groups in total. The van der Waals surface area contributed by atoms with Crippen molar-refractivity contribution >= 4 is 19.7 Å². The van der Waals surface area contributed by atoms with E-state index in [1.807, 2.05) is 0 Å². The molecule has 0 bridgehead atoms. The first-order chi connectivity index (χ1) is 7.50. The van der Waals surface area contributed by atoms with Crippen molar-refractivity contribution in [1.29, 1.82) is 0 Å². The molecule has 0 saturated heterocycles. The molecule has 1 heterocycles. The lowest BCUT2D eigenvalue weighted by Gasteiger charge is -2.01. The standard InChI is InChI=1S/C9H6ClFN2O2S/c10-16(14,15)8-5-12-13-9(8)6-3-1-2-4-7(6)11/h1-5H,(H,12,13). The van der Waals surface area contributed by atoms with Crippen LogP contribution < -0.4 is 0 Å². The van der Waals surface area contributed by atoms with Crippen LogP contribution in [-0.2, 0) is 9.05 Å². The molecule has 2 aromatic rings. The molecule has 0 spiro atoms. The minimum absolute atomic E-state index is 0.0492. The van der Waals surface area contributed by atoms with Crippen LogP contribution in [0.2, 0.25) is 0 Å². The second-order valence-corrected chi connectivity index (χ2v) is 5.56. The fourth-order valence-electron chi connectivity index (χ4n) is 1.32. The average Bonchev–Trinajstić information content (AvgIpc) is 2.66. The number of hydrogen-bond donors (Lipinski definition) is 1. The monoisotopic (exact) mass is 260 g/mol. The number of benzene rings is 1. The molecule has 0 atom stereocenters. The summed E-state index contributed by atoms with van der Waals surface area (Å²) in [5.41, 5.74) is 0.160. The van der Waals surface area contributed by atoms with Crippen LogP contribution in [0, 0.1) is 5.82 Å². The van der Waals surface area contributed by atoms with E-state index in [-0.39, 0.29) is 16.2 Å². The Morgan fingerprint density at radius 2 is 2.00 bits per heavy atom. The van der Waals surface area contributed by atoms with E-state index >= 15 is 0 Å². The molecule has 0 aliphatic heterocycles. The zero-order chi connectivity index (χ0) is 11.8. The highest BCUT2D eigenvalue weighted by molar-refractivity contribution is 8.13. The number of nitrogens with one attached hydrogen (secondary N) is 1. The summed E-state index contributed by atoms with van der Waals surface area (Å²) in [7, 11) is 1.25. The van der Waals surface area contributed by atoms with E-state index in [0.717, 1.165) is 6.20 Å². The Labute approximate surface area is 95.5 Å². The van der Waals surface area contributed by atoms with Gasteiger partial charge in [-0.15, -0.1) is 0 Å². The number of aromatic amines is 1. The minimum atomic E-state index is -3.94. The number of rotatable bonds is 2. The number of halogens is 2. The van der Waals surface area contributed by atoms with Crippen molar-refractivity contribution in [2.75, 3.05) is 0 Å². The molecule has 0 unspecified atom stereocenters. The van der Waals surface area contributed by atoms with Crippen molar-refractivity contribution in [3.05, 3.63) is 36.3 Å². The fourth-order valence-corrected chi connectivity index (χ4v) is 2.25. The minimum Gasteiger partial charge on any atom is -0.276 e. The Morgan fingerprint density at radius 1 is 1.31 bits per heavy atom. The third-order valence-corrected chi connectivity index (χ3v) is 3.34. The number of nitrogens with zero attached hydrogens (tertiary/aromatic N) is 1.